The Morgan fingerprint density at radius 3 is 2.47 bits per heavy atom. The summed E-state index contributed by atoms with van der Waals surface area (Å²) in [5.41, 5.74) is 6.91. The SMILES string of the molecule is CC(C)c1nc(CCN(C)C)sc1CN. The first-order valence-electron chi connectivity index (χ1n) is 5.37. The third-order valence-corrected chi connectivity index (χ3v) is 3.43. The molecular formula is C11H21N3S. The Balaban J connectivity index is 2.74. The van der Waals surface area contributed by atoms with E-state index in [1.54, 1.807) is 11.3 Å². The monoisotopic (exact) mass is 227 g/mol. The lowest BCUT2D eigenvalue weighted by molar-refractivity contribution is 0.413. The van der Waals surface area contributed by atoms with Gasteiger partial charge in [0.25, 0.3) is 0 Å². The fraction of sp³-hybridized carbons (Fsp3) is 0.727. The van der Waals surface area contributed by atoms with Crippen LogP contribution in [0, 0.1) is 0 Å². The molecule has 0 amide bonds. The molecule has 0 spiro atoms. The van der Waals surface area contributed by atoms with Gasteiger partial charge in [0, 0.05) is 24.4 Å². The number of nitrogens with two attached hydrogens (primary N) is 1. The normalized spacial score (nSPS) is 11.7. The zero-order valence-electron chi connectivity index (χ0n) is 10.1. The number of hydrogen-bond acceptors (Lipinski definition) is 4. The van der Waals surface area contributed by atoms with E-state index in [1.165, 1.54) is 15.6 Å². The molecule has 0 aromatic carbocycles. The Bertz CT molecular complexity index is 305. The number of nitrogens with zero attached hydrogens (tertiary/aromatic N) is 2. The molecule has 15 heavy (non-hydrogen) atoms. The van der Waals surface area contributed by atoms with E-state index in [9.17, 15) is 0 Å². The molecule has 0 saturated heterocycles. The lowest BCUT2D eigenvalue weighted by atomic mass is 10.1. The van der Waals surface area contributed by atoms with Crippen LogP contribution in [0.2, 0.25) is 0 Å². The Morgan fingerprint density at radius 2 is 2.07 bits per heavy atom. The van der Waals surface area contributed by atoms with E-state index in [4.69, 9.17) is 5.73 Å². The fourth-order valence-electron chi connectivity index (χ4n) is 1.44. The van der Waals surface area contributed by atoms with Gasteiger partial charge in [-0.15, -0.1) is 11.3 Å². The van der Waals surface area contributed by atoms with Crippen molar-refractivity contribution in [3.63, 3.8) is 0 Å². The van der Waals surface area contributed by atoms with Crippen molar-refractivity contribution in [2.45, 2.75) is 32.7 Å². The second kappa shape index (κ2) is 5.58. The van der Waals surface area contributed by atoms with Crippen molar-refractivity contribution in [1.29, 1.82) is 0 Å². The first-order chi connectivity index (χ1) is 7.04. The summed E-state index contributed by atoms with van der Waals surface area (Å²) in [7, 11) is 4.17. The van der Waals surface area contributed by atoms with E-state index >= 15 is 0 Å². The van der Waals surface area contributed by atoms with Gasteiger partial charge < -0.3 is 10.6 Å². The molecular weight excluding hydrogens is 206 g/mol. The molecule has 0 saturated carbocycles. The zero-order valence-corrected chi connectivity index (χ0v) is 10.9. The lowest BCUT2D eigenvalue weighted by Gasteiger charge is -2.06. The Kier molecular flexibility index (Phi) is 4.70. The van der Waals surface area contributed by atoms with Crippen molar-refractivity contribution in [2.24, 2.45) is 5.73 Å². The summed E-state index contributed by atoms with van der Waals surface area (Å²) in [4.78, 5) is 8.09. The van der Waals surface area contributed by atoms with Crippen LogP contribution in [0.15, 0.2) is 0 Å². The highest BCUT2D eigenvalue weighted by Gasteiger charge is 2.12. The third kappa shape index (κ3) is 3.55. The zero-order chi connectivity index (χ0) is 11.4. The Labute approximate surface area is 96.3 Å². The van der Waals surface area contributed by atoms with Crippen LogP contribution < -0.4 is 5.73 Å². The van der Waals surface area contributed by atoms with E-state index in [0.717, 1.165) is 13.0 Å². The molecule has 1 aromatic heterocycles. The molecule has 2 N–H and O–H groups in total. The summed E-state index contributed by atoms with van der Waals surface area (Å²) in [5, 5.41) is 1.22. The second-order valence-electron chi connectivity index (χ2n) is 4.33. The van der Waals surface area contributed by atoms with Gasteiger partial charge in [0.05, 0.1) is 10.7 Å². The minimum atomic E-state index is 0.480. The largest absolute Gasteiger partial charge is 0.326 e. The molecule has 0 fully saturated rings. The Hall–Kier alpha value is -0.450. The maximum atomic E-state index is 5.72. The minimum absolute atomic E-state index is 0.480. The average Bonchev–Trinajstić information content (AvgIpc) is 2.57. The van der Waals surface area contributed by atoms with Crippen LogP contribution in [0.4, 0.5) is 0 Å². The topological polar surface area (TPSA) is 42.2 Å². The quantitative estimate of drug-likeness (QED) is 0.834. The third-order valence-electron chi connectivity index (χ3n) is 2.28. The highest BCUT2D eigenvalue weighted by atomic mass is 32.1. The first kappa shape index (κ1) is 12.6. The molecule has 4 heteroatoms. The van der Waals surface area contributed by atoms with Gasteiger partial charge in [0.2, 0.25) is 0 Å². The van der Waals surface area contributed by atoms with E-state index in [1.807, 2.05) is 0 Å². The van der Waals surface area contributed by atoms with E-state index in [0.29, 0.717) is 12.5 Å². The number of hydrogen-bond donors (Lipinski definition) is 1. The van der Waals surface area contributed by atoms with Crippen molar-refractivity contribution >= 4 is 11.3 Å². The molecule has 0 aliphatic heterocycles. The van der Waals surface area contributed by atoms with E-state index in [2.05, 4.69) is 37.8 Å². The first-order valence-corrected chi connectivity index (χ1v) is 6.19. The molecule has 1 aromatic rings. The molecule has 1 heterocycles. The van der Waals surface area contributed by atoms with Crippen molar-refractivity contribution < 1.29 is 0 Å². The molecule has 0 atom stereocenters. The van der Waals surface area contributed by atoms with Crippen LogP contribution in [0.1, 0.15) is 35.3 Å². The molecule has 0 aliphatic carbocycles. The van der Waals surface area contributed by atoms with Gasteiger partial charge >= 0.3 is 0 Å². The highest BCUT2D eigenvalue weighted by Crippen LogP contribution is 2.24. The number of aromatic nitrogens is 1. The van der Waals surface area contributed by atoms with Crippen LogP contribution in [0.5, 0.6) is 0 Å². The predicted molar refractivity (Wildman–Crippen MR) is 66.4 cm³/mol. The van der Waals surface area contributed by atoms with Gasteiger partial charge in [-0.1, -0.05) is 13.8 Å². The van der Waals surface area contributed by atoms with E-state index < -0.39 is 0 Å². The lowest BCUT2D eigenvalue weighted by Crippen LogP contribution is -2.14. The van der Waals surface area contributed by atoms with Gasteiger partial charge in [-0.25, -0.2) is 4.98 Å². The number of thiazole rings is 1. The predicted octanol–water partition coefficient (Wildman–Crippen LogP) is 1.83. The van der Waals surface area contributed by atoms with Crippen molar-refractivity contribution in [3.8, 4) is 0 Å². The van der Waals surface area contributed by atoms with Crippen LogP contribution in [-0.4, -0.2) is 30.5 Å². The number of rotatable bonds is 5. The minimum Gasteiger partial charge on any atom is -0.326 e. The molecule has 1 rings (SSSR count). The fourth-order valence-corrected chi connectivity index (χ4v) is 2.53. The summed E-state index contributed by atoms with van der Waals surface area (Å²) in [5.74, 6) is 0.480. The van der Waals surface area contributed by atoms with Crippen LogP contribution in [-0.2, 0) is 13.0 Å². The molecule has 86 valence electrons. The van der Waals surface area contributed by atoms with Gasteiger partial charge in [-0.2, -0.15) is 0 Å². The molecule has 0 unspecified atom stereocenters. The molecule has 0 aliphatic rings. The van der Waals surface area contributed by atoms with Gasteiger partial charge in [-0.05, 0) is 20.0 Å². The standard InChI is InChI=1S/C11H21N3S/c1-8(2)11-9(7-12)15-10(13-11)5-6-14(3)4/h8H,5-7,12H2,1-4H3. The summed E-state index contributed by atoms with van der Waals surface area (Å²) in [6.45, 7) is 6.01. The van der Waals surface area contributed by atoms with Crippen LogP contribution in [0.25, 0.3) is 0 Å². The second-order valence-corrected chi connectivity index (χ2v) is 5.50. The van der Waals surface area contributed by atoms with Crippen LogP contribution in [0.3, 0.4) is 0 Å². The van der Waals surface area contributed by atoms with Crippen molar-refractivity contribution in [1.82, 2.24) is 9.88 Å². The average molecular weight is 227 g/mol. The summed E-state index contributed by atoms with van der Waals surface area (Å²) >= 11 is 1.77. The van der Waals surface area contributed by atoms with Crippen LogP contribution >= 0.6 is 11.3 Å². The molecule has 0 radical (unpaired) electrons. The van der Waals surface area contributed by atoms with Crippen molar-refractivity contribution in [3.05, 3.63) is 15.6 Å². The maximum Gasteiger partial charge on any atom is 0.0944 e. The molecule has 0 bridgehead atoms. The van der Waals surface area contributed by atoms with E-state index in [-0.39, 0.29) is 0 Å². The Morgan fingerprint density at radius 1 is 1.40 bits per heavy atom. The number of likely N-dealkylation sites (N-methyl/N-ethyl adjacent to an activating group) is 1. The smallest absolute Gasteiger partial charge is 0.0944 e. The van der Waals surface area contributed by atoms with Gasteiger partial charge in [-0.3, -0.25) is 0 Å². The van der Waals surface area contributed by atoms with Gasteiger partial charge in [0.1, 0.15) is 0 Å². The van der Waals surface area contributed by atoms with Gasteiger partial charge in [0.15, 0.2) is 0 Å². The summed E-state index contributed by atoms with van der Waals surface area (Å²) in [6, 6.07) is 0. The maximum absolute atomic E-state index is 5.72. The molecule has 3 nitrogen and oxygen atoms in total. The summed E-state index contributed by atoms with van der Waals surface area (Å²) in [6.07, 6.45) is 1.03. The summed E-state index contributed by atoms with van der Waals surface area (Å²) < 4.78 is 0. The van der Waals surface area contributed by atoms with Crippen molar-refractivity contribution in [2.75, 3.05) is 20.6 Å². The highest BCUT2D eigenvalue weighted by molar-refractivity contribution is 7.11.